The lowest BCUT2D eigenvalue weighted by Crippen LogP contribution is -2.08. The van der Waals surface area contributed by atoms with Crippen molar-refractivity contribution in [1.82, 2.24) is 15.1 Å². The van der Waals surface area contributed by atoms with Gasteiger partial charge in [0, 0.05) is 23.4 Å². The molecule has 0 spiro atoms. The number of ether oxygens (including phenoxy) is 2. The summed E-state index contributed by atoms with van der Waals surface area (Å²) in [4.78, 5) is 19.5. The summed E-state index contributed by atoms with van der Waals surface area (Å²) < 4.78 is 15.3. The van der Waals surface area contributed by atoms with Crippen LogP contribution in [0.25, 0.3) is 11.4 Å². The highest BCUT2D eigenvalue weighted by atomic mass is 16.7. The first kappa shape index (κ1) is 15.4. The van der Waals surface area contributed by atoms with Gasteiger partial charge in [0.25, 0.3) is 0 Å². The summed E-state index contributed by atoms with van der Waals surface area (Å²) in [7, 11) is 0. The van der Waals surface area contributed by atoms with Gasteiger partial charge in [-0.3, -0.25) is 4.52 Å². The molecule has 0 aliphatic rings. The fourth-order valence-corrected chi connectivity index (χ4v) is 1.73. The van der Waals surface area contributed by atoms with E-state index in [1.807, 2.05) is 12.1 Å². The predicted molar refractivity (Wildman–Crippen MR) is 84.5 cm³/mol. The van der Waals surface area contributed by atoms with E-state index in [0.29, 0.717) is 23.0 Å². The molecule has 0 saturated carbocycles. The van der Waals surface area contributed by atoms with Crippen molar-refractivity contribution in [2.75, 3.05) is 0 Å². The number of aromatic nitrogens is 3. The molecule has 0 bridgehead atoms. The third-order valence-corrected chi connectivity index (χ3v) is 2.91. The summed E-state index contributed by atoms with van der Waals surface area (Å²) in [6.07, 6.45) is 1.42. The van der Waals surface area contributed by atoms with E-state index in [1.54, 1.807) is 36.5 Å². The number of esters is 1. The molecule has 0 fully saturated rings. The average molecular weight is 323 g/mol. The molecule has 0 aliphatic heterocycles. The van der Waals surface area contributed by atoms with E-state index in [-0.39, 0.29) is 11.6 Å². The van der Waals surface area contributed by atoms with Crippen molar-refractivity contribution >= 4 is 5.97 Å². The zero-order valence-electron chi connectivity index (χ0n) is 12.8. The minimum Gasteiger partial charge on any atom is -0.439 e. The van der Waals surface area contributed by atoms with Gasteiger partial charge in [-0.2, -0.15) is 4.98 Å². The first-order chi connectivity index (χ1) is 11.6. The molecule has 7 nitrogen and oxygen atoms in total. The normalized spacial score (nSPS) is 10.2. The van der Waals surface area contributed by atoms with E-state index in [1.165, 1.54) is 6.92 Å². The van der Waals surface area contributed by atoms with Crippen LogP contribution in [0.4, 0.5) is 0 Å². The molecule has 3 aromatic rings. The van der Waals surface area contributed by atoms with Crippen LogP contribution >= 0.6 is 0 Å². The maximum absolute atomic E-state index is 11.4. The second-order valence-electron chi connectivity index (χ2n) is 4.85. The predicted octanol–water partition coefficient (Wildman–Crippen LogP) is 3.41. The van der Waals surface area contributed by atoms with E-state index in [4.69, 9.17) is 14.0 Å². The molecule has 2 aromatic heterocycles. The molecule has 0 saturated heterocycles. The van der Waals surface area contributed by atoms with Crippen LogP contribution in [-0.2, 0) is 4.79 Å². The molecule has 2 heterocycles. The van der Waals surface area contributed by atoms with Crippen molar-refractivity contribution in [3.8, 4) is 29.1 Å². The largest absolute Gasteiger partial charge is 0.439 e. The highest BCUT2D eigenvalue weighted by Crippen LogP contribution is 2.24. The van der Waals surface area contributed by atoms with Crippen molar-refractivity contribution in [2.45, 2.75) is 6.92 Å². The summed E-state index contributed by atoms with van der Waals surface area (Å²) >= 11 is 0. The van der Waals surface area contributed by atoms with Crippen molar-refractivity contribution in [3.05, 3.63) is 60.8 Å². The second kappa shape index (κ2) is 6.74. The van der Waals surface area contributed by atoms with Crippen LogP contribution in [-0.4, -0.2) is 21.1 Å². The van der Waals surface area contributed by atoms with Crippen LogP contribution in [0.2, 0.25) is 0 Å². The van der Waals surface area contributed by atoms with Crippen LogP contribution in [0.1, 0.15) is 6.92 Å². The van der Waals surface area contributed by atoms with Gasteiger partial charge in [0.1, 0.15) is 5.75 Å². The van der Waals surface area contributed by atoms with Crippen LogP contribution in [0.3, 0.4) is 0 Å². The Bertz CT molecular complexity index is 857. The number of rotatable bonds is 5. The summed E-state index contributed by atoms with van der Waals surface area (Å²) in [6.45, 7) is 5.00. The van der Waals surface area contributed by atoms with Gasteiger partial charge in [-0.25, -0.2) is 9.78 Å². The Balaban J connectivity index is 1.71. The number of pyridine rings is 1. The number of hydrogen-bond acceptors (Lipinski definition) is 7. The minimum absolute atomic E-state index is 0.230. The molecule has 0 N–H and O–H groups in total. The lowest BCUT2D eigenvalue weighted by Gasteiger charge is -2.04. The lowest BCUT2D eigenvalue weighted by atomic mass is 10.2. The Morgan fingerprint density at radius 2 is 1.96 bits per heavy atom. The van der Waals surface area contributed by atoms with Crippen LogP contribution in [0.5, 0.6) is 17.7 Å². The number of hydrogen-bond donors (Lipinski definition) is 0. The van der Waals surface area contributed by atoms with Crippen molar-refractivity contribution < 1.29 is 18.8 Å². The van der Waals surface area contributed by atoms with Gasteiger partial charge >= 0.3 is 12.0 Å². The van der Waals surface area contributed by atoms with Crippen molar-refractivity contribution in [3.63, 3.8) is 0 Å². The zero-order chi connectivity index (χ0) is 16.9. The first-order valence-electron chi connectivity index (χ1n) is 7.02. The Morgan fingerprint density at radius 1 is 1.17 bits per heavy atom. The molecule has 0 unspecified atom stereocenters. The monoisotopic (exact) mass is 323 g/mol. The van der Waals surface area contributed by atoms with Gasteiger partial charge in [0.2, 0.25) is 11.7 Å². The molecule has 0 radical (unpaired) electrons. The highest BCUT2D eigenvalue weighted by molar-refractivity contribution is 5.88. The van der Waals surface area contributed by atoms with Gasteiger partial charge in [-0.1, -0.05) is 17.8 Å². The molecule has 0 atom stereocenters. The molecule has 7 heteroatoms. The number of benzene rings is 1. The van der Waals surface area contributed by atoms with E-state index >= 15 is 0 Å². The fraction of sp³-hybridized carbons (Fsp3) is 0.0588. The maximum Gasteiger partial charge on any atom is 0.425 e. The van der Waals surface area contributed by atoms with Gasteiger partial charge in [0.05, 0.1) is 0 Å². The van der Waals surface area contributed by atoms with Gasteiger partial charge in [-0.15, -0.1) is 0 Å². The second-order valence-corrected chi connectivity index (χ2v) is 4.85. The zero-order valence-corrected chi connectivity index (χ0v) is 12.8. The molecular weight excluding hydrogens is 310 g/mol. The van der Waals surface area contributed by atoms with Crippen LogP contribution in [0.15, 0.2) is 65.3 Å². The lowest BCUT2D eigenvalue weighted by molar-refractivity contribution is -0.131. The molecule has 24 heavy (non-hydrogen) atoms. The van der Waals surface area contributed by atoms with E-state index in [0.717, 1.165) is 0 Å². The topological polar surface area (TPSA) is 87.3 Å². The standard InChI is InChI=1S/C17H13N3O4/c1-11(2)16(21)23-17-19-15(20-24-17)12-6-8-13(9-7-12)22-14-5-3-4-10-18-14/h3-10H,1H2,2H3. The quantitative estimate of drug-likeness (QED) is 0.525. The van der Waals surface area contributed by atoms with E-state index in [2.05, 4.69) is 21.7 Å². The van der Waals surface area contributed by atoms with Gasteiger partial charge < -0.3 is 9.47 Å². The van der Waals surface area contributed by atoms with Crippen LogP contribution in [0, 0.1) is 0 Å². The third-order valence-electron chi connectivity index (χ3n) is 2.91. The molecular formula is C17H13N3O4. The Hall–Kier alpha value is -3.48. The SMILES string of the molecule is C=C(C)C(=O)Oc1nc(-c2ccc(Oc3ccccn3)cc2)no1. The average Bonchev–Trinajstić information content (AvgIpc) is 3.05. The Morgan fingerprint density at radius 3 is 2.62 bits per heavy atom. The number of carbonyl (C=O) groups is 1. The molecule has 3 rings (SSSR count). The third kappa shape index (κ3) is 3.64. The maximum atomic E-state index is 11.4. The summed E-state index contributed by atoms with van der Waals surface area (Å²) in [6, 6.07) is 12.4. The molecule has 0 amide bonds. The Labute approximate surface area is 137 Å². The highest BCUT2D eigenvalue weighted by Gasteiger charge is 2.14. The first-order valence-corrected chi connectivity index (χ1v) is 7.02. The van der Waals surface area contributed by atoms with Crippen molar-refractivity contribution in [2.24, 2.45) is 0 Å². The number of carbonyl (C=O) groups excluding carboxylic acids is 1. The van der Waals surface area contributed by atoms with E-state index < -0.39 is 5.97 Å². The molecule has 120 valence electrons. The molecule has 1 aromatic carbocycles. The Kier molecular flexibility index (Phi) is 4.33. The number of nitrogens with zero attached hydrogens (tertiary/aromatic N) is 3. The van der Waals surface area contributed by atoms with Crippen LogP contribution < -0.4 is 9.47 Å². The van der Waals surface area contributed by atoms with Gasteiger partial charge in [-0.05, 0) is 37.3 Å². The van der Waals surface area contributed by atoms with Crippen molar-refractivity contribution in [1.29, 1.82) is 0 Å². The van der Waals surface area contributed by atoms with E-state index in [9.17, 15) is 4.79 Å². The summed E-state index contributed by atoms with van der Waals surface area (Å²) in [5.74, 6) is 0.793. The smallest absolute Gasteiger partial charge is 0.425 e. The summed E-state index contributed by atoms with van der Waals surface area (Å²) in [5.41, 5.74) is 0.926. The summed E-state index contributed by atoms with van der Waals surface area (Å²) in [5, 5.41) is 3.77. The minimum atomic E-state index is -0.621. The van der Waals surface area contributed by atoms with Gasteiger partial charge in [0.15, 0.2) is 0 Å². The molecule has 0 aliphatic carbocycles. The fourth-order valence-electron chi connectivity index (χ4n) is 1.73.